The number of aliphatic carboxylic acids is 1. The van der Waals surface area contributed by atoms with Gasteiger partial charge in [-0.05, 0) is 61.4 Å². The lowest BCUT2D eigenvalue weighted by Crippen LogP contribution is -2.31. The number of anilines is 1. The van der Waals surface area contributed by atoms with E-state index in [1.54, 1.807) is 24.1 Å². The molecule has 2 atom stereocenters. The number of nitrogens with one attached hydrogen (secondary N) is 2. The van der Waals surface area contributed by atoms with Gasteiger partial charge in [0.15, 0.2) is 5.78 Å². The highest BCUT2D eigenvalue weighted by molar-refractivity contribution is 8.93. The molecule has 0 spiro atoms. The first-order valence-electron chi connectivity index (χ1n) is 15.1. The van der Waals surface area contributed by atoms with E-state index in [2.05, 4.69) is 31.0 Å². The molecule has 238 valence electrons. The summed E-state index contributed by atoms with van der Waals surface area (Å²) >= 11 is 0. The summed E-state index contributed by atoms with van der Waals surface area (Å²) in [7, 11) is 1.55. The molecule has 0 bridgehead atoms. The van der Waals surface area contributed by atoms with Gasteiger partial charge in [0.2, 0.25) is 0 Å². The highest BCUT2D eigenvalue weighted by Crippen LogP contribution is 2.44. The summed E-state index contributed by atoms with van der Waals surface area (Å²) in [6, 6.07) is 7.29. The molecule has 2 unspecified atom stereocenters. The van der Waals surface area contributed by atoms with Crippen LogP contribution in [0.5, 0.6) is 11.5 Å². The minimum absolute atomic E-state index is 0. The second-order valence-corrected chi connectivity index (χ2v) is 12.7. The average molecular weight is 672 g/mol. The monoisotopic (exact) mass is 670 g/mol. The predicted molar refractivity (Wildman–Crippen MR) is 174 cm³/mol. The number of fused-ring (bicyclic) bond motifs is 1. The van der Waals surface area contributed by atoms with Gasteiger partial charge in [0.1, 0.15) is 17.3 Å². The Bertz CT molecular complexity index is 1460. The number of hydrogen-bond donors (Lipinski definition) is 3. The van der Waals surface area contributed by atoms with Crippen LogP contribution in [0.1, 0.15) is 84.4 Å². The summed E-state index contributed by atoms with van der Waals surface area (Å²) in [5, 5.41) is 20.8. The fourth-order valence-corrected chi connectivity index (χ4v) is 6.02. The normalized spacial score (nSPS) is 18.9. The van der Waals surface area contributed by atoms with Gasteiger partial charge in [0.05, 0.1) is 36.9 Å². The largest absolute Gasteiger partial charge is 0.493 e. The minimum Gasteiger partial charge on any atom is -0.493 e. The number of hydrogen-bond acceptors (Lipinski definition) is 7. The Balaban J connectivity index is 0.00000442. The van der Waals surface area contributed by atoms with Gasteiger partial charge in [0, 0.05) is 49.3 Å². The first-order chi connectivity index (χ1) is 20.4. The van der Waals surface area contributed by atoms with E-state index in [0.717, 1.165) is 48.5 Å². The van der Waals surface area contributed by atoms with E-state index < -0.39 is 5.97 Å². The SMILES string of the molecule is Br.CCOc1cc2c(cc1C(=O)NC)C(=N)N(CC(=O)c1cc(N3CCCC3)c(OCC3CC3C(=O)O)c(C(C)(C)C)c1)C2. The molecular weight excluding hydrogens is 628 g/mol. The molecule has 1 amide bonds. The first kappa shape index (κ1) is 33.3. The molecule has 0 aromatic heterocycles. The van der Waals surface area contributed by atoms with Crippen LogP contribution in [0.4, 0.5) is 5.69 Å². The lowest BCUT2D eigenvalue weighted by atomic mass is 9.84. The van der Waals surface area contributed by atoms with Crippen molar-refractivity contribution in [3.8, 4) is 11.5 Å². The minimum atomic E-state index is -0.779. The number of rotatable bonds is 11. The van der Waals surface area contributed by atoms with Crippen LogP contribution in [0, 0.1) is 17.2 Å². The van der Waals surface area contributed by atoms with Gasteiger partial charge in [-0.15, -0.1) is 17.0 Å². The van der Waals surface area contributed by atoms with Crippen LogP contribution in [0.3, 0.4) is 0 Å². The molecule has 2 heterocycles. The van der Waals surface area contributed by atoms with E-state index in [0.29, 0.717) is 48.6 Å². The van der Waals surface area contributed by atoms with Crippen LogP contribution < -0.4 is 19.7 Å². The van der Waals surface area contributed by atoms with Gasteiger partial charge in [-0.2, -0.15) is 0 Å². The van der Waals surface area contributed by atoms with Gasteiger partial charge < -0.3 is 29.7 Å². The average Bonchev–Trinajstić information content (AvgIpc) is 3.42. The number of benzene rings is 2. The number of carbonyl (C=O) groups is 3. The number of ketones is 1. The van der Waals surface area contributed by atoms with Crippen molar-refractivity contribution in [3.63, 3.8) is 0 Å². The van der Waals surface area contributed by atoms with E-state index in [1.807, 2.05) is 19.1 Å². The molecule has 1 saturated carbocycles. The maximum absolute atomic E-state index is 13.9. The maximum atomic E-state index is 13.9. The quantitative estimate of drug-likeness (QED) is 0.283. The Labute approximate surface area is 269 Å². The van der Waals surface area contributed by atoms with Gasteiger partial charge in [0.25, 0.3) is 5.91 Å². The molecule has 3 N–H and O–H groups in total. The number of amides is 1. The summed E-state index contributed by atoms with van der Waals surface area (Å²) in [6.45, 7) is 10.9. The number of nitrogens with zero attached hydrogens (tertiary/aromatic N) is 2. The van der Waals surface area contributed by atoms with Crippen molar-refractivity contribution in [1.82, 2.24) is 10.2 Å². The first-order valence-corrected chi connectivity index (χ1v) is 15.1. The zero-order valence-electron chi connectivity index (χ0n) is 26.1. The summed E-state index contributed by atoms with van der Waals surface area (Å²) < 4.78 is 12.1. The number of Topliss-reactive ketones (excluding diaryl/α,β-unsaturated/α-hetero) is 1. The summed E-state index contributed by atoms with van der Waals surface area (Å²) in [5.41, 5.74) is 3.82. The number of halogens is 1. The third-order valence-electron chi connectivity index (χ3n) is 8.57. The lowest BCUT2D eigenvalue weighted by molar-refractivity contribution is -0.138. The molecule has 11 heteroatoms. The molecule has 0 radical (unpaired) electrons. The number of carboxylic acids is 1. The fourth-order valence-electron chi connectivity index (χ4n) is 6.02. The van der Waals surface area contributed by atoms with Crippen molar-refractivity contribution >= 4 is 46.2 Å². The van der Waals surface area contributed by atoms with Crippen LogP contribution >= 0.6 is 17.0 Å². The topological polar surface area (TPSA) is 132 Å². The molecular formula is C33H43BrN4O6. The summed E-state index contributed by atoms with van der Waals surface area (Å²) in [5.74, 6) is -0.153. The summed E-state index contributed by atoms with van der Waals surface area (Å²) in [6.07, 6.45) is 2.73. The van der Waals surface area contributed by atoms with E-state index in [9.17, 15) is 19.5 Å². The van der Waals surface area contributed by atoms with Crippen molar-refractivity contribution in [3.05, 3.63) is 52.1 Å². The van der Waals surface area contributed by atoms with Crippen molar-refractivity contribution in [2.24, 2.45) is 11.8 Å². The molecule has 1 aliphatic carbocycles. The Morgan fingerprint density at radius 3 is 2.39 bits per heavy atom. The fraction of sp³-hybridized carbons (Fsp3) is 0.515. The highest BCUT2D eigenvalue weighted by atomic mass is 79.9. The smallest absolute Gasteiger partial charge is 0.306 e. The van der Waals surface area contributed by atoms with E-state index >= 15 is 0 Å². The molecule has 2 aliphatic heterocycles. The Kier molecular flexibility index (Phi) is 9.97. The number of carbonyl (C=O) groups excluding carboxylic acids is 2. The maximum Gasteiger partial charge on any atom is 0.306 e. The number of carboxylic acid groups (broad SMARTS) is 1. The van der Waals surface area contributed by atoms with Gasteiger partial charge in [-0.1, -0.05) is 20.8 Å². The molecule has 3 aliphatic rings. The number of ether oxygens (including phenoxy) is 2. The molecule has 2 fully saturated rings. The van der Waals surface area contributed by atoms with Crippen LogP contribution in [0.2, 0.25) is 0 Å². The molecule has 2 aromatic carbocycles. The van der Waals surface area contributed by atoms with Crippen LogP contribution in [0.25, 0.3) is 0 Å². The Morgan fingerprint density at radius 2 is 1.80 bits per heavy atom. The van der Waals surface area contributed by atoms with E-state index in [-0.39, 0.29) is 58.3 Å². The molecule has 2 aromatic rings. The van der Waals surface area contributed by atoms with E-state index in [4.69, 9.17) is 14.9 Å². The highest BCUT2D eigenvalue weighted by Gasteiger charge is 2.44. The Hall–Kier alpha value is -3.60. The van der Waals surface area contributed by atoms with E-state index in [1.165, 1.54) is 0 Å². The van der Waals surface area contributed by atoms with Crippen molar-refractivity contribution < 1.29 is 29.0 Å². The zero-order chi connectivity index (χ0) is 31.1. The lowest BCUT2D eigenvalue weighted by Gasteiger charge is -2.30. The third-order valence-corrected chi connectivity index (χ3v) is 8.57. The van der Waals surface area contributed by atoms with Crippen molar-refractivity contribution in [1.29, 1.82) is 5.41 Å². The second kappa shape index (κ2) is 13.2. The van der Waals surface area contributed by atoms with Crippen molar-refractivity contribution in [2.75, 3.05) is 44.8 Å². The van der Waals surface area contributed by atoms with Crippen molar-refractivity contribution in [2.45, 2.75) is 58.9 Å². The Morgan fingerprint density at radius 1 is 1.09 bits per heavy atom. The van der Waals surface area contributed by atoms with Gasteiger partial charge >= 0.3 is 5.97 Å². The zero-order valence-corrected chi connectivity index (χ0v) is 27.8. The number of amidine groups is 1. The third kappa shape index (κ3) is 6.72. The van der Waals surface area contributed by atoms with Crippen LogP contribution in [-0.2, 0) is 16.8 Å². The van der Waals surface area contributed by atoms with Crippen LogP contribution in [-0.4, -0.2) is 73.4 Å². The van der Waals surface area contributed by atoms with Gasteiger partial charge in [-0.3, -0.25) is 19.8 Å². The molecule has 44 heavy (non-hydrogen) atoms. The molecule has 10 nitrogen and oxygen atoms in total. The summed E-state index contributed by atoms with van der Waals surface area (Å²) in [4.78, 5) is 41.8. The van der Waals surface area contributed by atoms with Crippen LogP contribution in [0.15, 0.2) is 24.3 Å². The van der Waals surface area contributed by atoms with Gasteiger partial charge in [-0.25, -0.2) is 0 Å². The molecule has 5 rings (SSSR count). The second-order valence-electron chi connectivity index (χ2n) is 12.7. The molecule has 1 saturated heterocycles. The predicted octanol–water partition coefficient (Wildman–Crippen LogP) is 5.04. The standard InChI is InChI=1S/C33H42N4O6.BrH/c1-6-42-28-14-20-16-37(30(34)22(20)15-24(28)31(39)35-5)17-27(38)19-12-25(33(2,3)4)29(26(13-19)36-9-7-8-10-36)43-18-21-11-23(21)32(40)41;/h12-15,21,23,34H,6-11,16-18H2,1-5H3,(H,35,39)(H,40,41);1H.